The number of aromatic nitrogens is 2. The van der Waals surface area contributed by atoms with Crippen molar-refractivity contribution < 1.29 is 9.53 Å². The molecule has 0 spiro atoms. The first-order valence-corrected chi connectivity index (χ1v) is 8.94. The van der Waals surface area contributed by atoms with Crippen molar-refractivity contribution in [1.29, 1.82) is 0 Å². The van der Waals surface area contributed by atoms with Crippen molar-refractivity contribution in [2.75, 3.05) is 6.61 Å². The maximum Gasteiger partial charge on any atom is 0.195 e. The summed E-state index contributed by atoms with van der Waals surface area (Å²) in [6.45, 7) is 2.55. The summed E-state index contributed by atoms with van der Waals surface area (Å²) in [6.07, 6.45) is 0.877. The van der Waals surface area contributed by atoms with Gasteiger partial charge in [0.05, 0.1) is 12.3 Å². The number of nitrogens with zero attached hydrogens (tertiary/aromatic N) is 2. The molecule has 0 unspecified atom stereocenters. The molecule has 5 heteroatoms. The van der Waals surface area contributed by atoms with Gasteiger partial charge < -0.3 is 4.74 Å². The first-order valence-electron chi connectivity index (χ1n) is 8.06. The van der Waals surface area contributed by atoms with Crippen LogP contribution in [0.1, 0.15) is 17.4 Å². The van der Waals surface area contributed by atoms with Gasteiger partial charge in [-0.1, -0.05) is 42.5 Å². The van der Waals surface area contributed by atoms with Crippen molar-refractivity contribution in [3.8, 4) is 28.3 Å². The van der Waals surface area contributed by atoms with Gasteiger partial charge in [-0.3, -0.25) is 9.20 Å². The Morgan fingerprint density at radius 3 is 2.64 bits per heavy atom. The summed E-state index contributed by atoms with van der Waals surface area (Å²) in [4.78, 5) is 17.4. The summed E-state index contributed by atoms with van der Waals surface area (Å²) < 4.78 is 7.67. The number of ether oxygens (including phenoxy) is 1. The van der Waals surface area contributed by atoms with E-state index in [-0.39, 0.29) is 0 Å². The number of carbonyl (C=O) groups is 1. The maximum atomic E-state index is 11.9. The van der Waals surface area contributed by atoms with Crippen LogP contribution < -0.4 is 4.74 Å². The molecule has 0 radical (unpaired) electrons. The zero-order valence-electron chi connectivity index (χ0n) is 13.7. The average Bonchev–Trinajstić information content (AvgIpc) is 3.22. The molecule has 0 N–H and O–H groups in total. The van der Waals surface area contributed by atoms with E-state index in [4.69, 9.17) is 4.74 Å². The topological polar surface area (TPSA) is 43.6 Å². The predicted octanol–water partition coefficient (Wildman–Crippen LogP) is 4.94. The fourth-order valence-electron chi connectivity index (χ4n) is 2.95. The number of rotatable bonds is 5. The van der Waals surface area contributed by atoms with Gasteiger partial charge in [-0.15, -0.1) is 11.3 Å². The van der Waals surface area contributed by atoms with Crippen molar-refractivity contribution in [3.63, 3.8) is 0 Å². The Bertz CT molecular complexity index is 1030. The molecule has 0 fully saturated rings. The predicted molar refractivity (Wildman–Crippen MR) is 100 cm³/mol. The molecule has 0 saturated heterocycles. The lowest BCUT2D eigenvalue weighted by molar-refractivity contribution is 0.111. The van der Waals surface area contributed by atoms with E-state index in [1.54, 1.807) is 0 Å². The van der Waals surface area contributed by atoms with Crippen molar-refractivity contribution in [2.45, 2.75) is 6.92 Å². The highest BCUT2D eigenvalue weighted by atomic mass is 32.1. The van der Waals surface area contributed by atoms with Crippen molar-refractivity contribution in [1.82, 2.24) is 9.38 Å². The molecule has 2 aromatic heterocycles. The average molecular weight is 348 g/mol. The van der Waals surface area contributed by atoms with E-state index < -0.39 is 0 Å². The summed E-state index contributed by atoms with van der Waals surface area (Å²) in [5, 5.41) is 2.02. The van der Waals surface area contributed by atoms with Gasteiger partial charge in [0.1, 0.15) is 17.1 Å². The molecular formula is C20H16N2O2S. The molecule has 0 aliphatic rings. The number of hydrogen-bond acceptors (Lipinski definition) is 4. The molecule has 124 valence electrons. The standard InChI is InChI=1S/C20H16N2O2S/c1-2-24-18-11-7-6-10-15(18)17-13-25-20-21-19(16(12-23)22(17)20)14-8-4-3-5-9-14/h3-13H,2H2,1H3. The Morgan fingerprint density at radius 1 is 1.12 bits per heavy atom. The van der Waals surface area contributed by atoms with Crippen molar-refractivity contribution >= 4 is 22.6 Å². The Morgan fingerprint density at radius 2 is 1.88 bits per heavy atom. The molecule has 2 aromatic carbocycles. The quantitative estimate of drug-likeness (QED) is 0.480. The lowest BCUT2D eigenvalue weighted by Crippen LogP contribution is -1.97. The number of para-hydroxylation sites is 1. The van der Waals surface area contributed by atoms with Gasteiger partial charge in [-0.05, 0) is 19.1 Å². The Kier molecular flexibility index (Phi) is 4.07. The van der Waals surface area contributed by atoms with Crippen LogP contribution in [0.4, 0.5) is 0 Å². The molecule has 0 atom stereocenters. The van der Waals surface area contributed by atoms with Gasteiger partial charge in [0.2, 0.25) is 0 Å². The van der Waals surface area contributed by atoms with E-state index in [9.17, 15) is 4.79 Å². The SMILES string of the molecule is CCOc1ccccc1-c1csc2nc(-c3ccccc3)c(C=O)n12. The third-order valence-corrected chi connectivity index (χ3v) is 4.85. The highest BCUT2D eigenvalue weighted by Crippen LogP contribution is 2.36. The Balaban J connectivity index is 1.96. The van der Waals surface area contributed by atoms with Crippen LogP contribution in [0.2, 0.25) is 0 Å². The van der Waals surface area contributed by atoms with Gasteiger partial charge in [0.15, 0.2) is 11.2 Å². The van der Waals surface area contributed by atoms with Crippen molar-refractivity contribution in [3.05, 3.63) is 65.7 Å². The van der Waals surface area contributed by atoms with Crippen LogP contribution in [-0.2, 0) is 0 Å². The van der Waals surface area contributed by atoms with E-state index in [0.717, 1.165) is 33.8 Å². The molecule has 2 heterocycles. The minimum absolute atomic E-state index is 0.559. The lowest BCUT2D eigenvalue weighted by Gasteiger charge is -2.09. The molecule has 4 aromatic rings. The smallest absolute Gasteiger partial charge is 0.195 e. The monoisotopic (exact) mass is 348 g/mol. The fraction of sp³-hybridized carbons (Fsp3) is 0.100. The van der Waals surface area contributed by atoms with E-state index in [1.165, 1.54) is 11.3 Å². The zero-order valence-corrected chi connectivity index (χ0v) is 14.5. The number of thiazole rings is 1. The molecule has 4 nitrogen and oxygen atoms in total. The van der Waals surface area contributed by atoms with E-state index in [0.29, 0.717) is 18.0 Å². The molecule has 0 aliphatic heterocycles. The molecule has 0 bridgehead atoms. The second kappa shape index (κ2) is 6.53. The fourth-order valence-corrected chi connectivity index (χ4v) is 3.84. The highest BCUT2D eigenvalue weighted by molar-refractivity contribution is 7.15. The number of fused-ring (bicyclic) bond motifs is 1. The second-order valence-corrected chi connectivity index (χ2v) is 6.33. The minimum atomic E-state index is 0.559. The normalized spacial score (nSPS) is 10.9. The molecule has 25 heavy (non-hydrogen) atoms. The van der Waals surface area contributed by atoms with Gasteiger partial charge >= 0.3 is 0 Å². The summed E-state index contributed by atoms with van der Waals surface area (Å²) in [5.74, 6) is 0.802. The number of hydrogen-bond donors (Lipinski definition) is 0. The van der Waals surface area contributed by atoms with Crippen molar-refractivity contribution in [2.24, 2.45) is 0 Å². The van der Waals surface area contributed by atoms with Gasteiger partial charge in [0.25, 0.3) is 0 Å². The van der Waals surface area contributed by atoms with Crippen LogP contribution >= 0.6 is 11.3 Å². The van der Waals surface area contributed by atoms with E-state index in [2.05, 4.69) is 4.98 Å². The zero-order chi connectivity index (χ0) is 17.2. The molecule has 0 amide bonds. The first kappa shape index (κ1) is 15.6. The summed E-state index contributed by atoms with van der Waals surface area (Å²) in [7, 11) is 0. The minimum Gasteiger partial charge on any atom is -0.493 e. The highest BCUT2D eigenvalue weighted by Gasteiger charge is 2.19. The van der Waals surface area contributed by atoms with E-state index in [1.807, 2.05) is 71.3 Å². The van der Waals surface area contributed by atoms with Crippen LogP contribution in [0, 0.1) is 0 Å². The lowest BCUT2D eigenvalue weighted by atomic mass is 10.1. The number of imidazole rings is 1. The first-order chi connectivity index (χ1) is 12.3. The van der Waals surface area contributed by atoms with Gasteiger partial charge in [-0.2, -0.15) is 0 Å². The third kappa shape index (κ3) is 2.62. The van der Waals surface area contributed by atoms with Crippen LogP contribution in [0.5, 0.6) is 5.75 Å². The Labute approximate surface area is 149 Å². The Hall–Kier alpha value is -2.92. The number of carbonyl (C=O) groups excluding carboxylic acids is 1. The van der Waals surface area contributed by atoms with Gasteiger partial charge in [-0.25, -0.2) is 4.98 Å². The van der Waals surface area contributed by atoms with Crippen LogP contribution in [-0.4, -0.2) is 22.3 Å². The van der Waals surface area contributed by atoms with Crippen LogP contribution in [0.25, 0.3) is 27.5 Å². The van der Waals surface area contributed by atoms with Crippen LogP contribution in [0.15, 0.2) is 60.0 Å². The number of benzene rings is 2. The number of aldehydes is 1. The summed E-state index contributed by atoms with van der Waals surface area (Å²) >= 11 is 1.52. The largest absolute Gasteiger partial charge is 0.493 e. The molecule has 4 rings (SSSR count). The molecular weight excluding hydrogens is 332 g/mol. The molecule has 0 saturated carbocycles. The van der Waals surface area contributed by atoms with Crippen LogP contribution in [0.3, 0.4) is 0 Å². The summed E-state index contributed by atoms with van der Waals surface area (Å²) in [5.41, 5.74) is 4.07. The summed E-state index contributed by atoms with van der Waals surface area (Å²) in [6, 6.07) is 17.6. The second-order valence-electron chi connectivity index (χ2n) is 5.50. The van der Waals surface area contributed by atoms with Gasteiger partial charge in [0, 0.05) is 16.5 Å². The maximum absolute atomic E-state index is 11.9. The third-order valence-electron chi connectivity index (χ3n) is 4.02. The molecule has 0 aliphatic carbocycles. The van der Waals surface area contributed by atoms with E-state index >= 15 is 0 Å².